The van der Waals surface area contributed by atoms with Gasteiger partial charge in [0.2, 0.25) is 0 Å². The van der Waals surface area contributed by atoms with Crippen molar-refractivity contribution in [3.05, 3.63) is 58.7 Å². The number of hydrogen-bond donors (Lipinski definition) is 1. The Bertz CT molecular complexity index is 765. The van der Waals surface area contributed by atoms with Gasteiger partial charge in [-0.15, -0.1) is 0 Å². The molecular formula is C22H27NOS. The van der Waals surface area contributed by atoms with Crippen LogP contribution in [0.1, 0.15) is 61.3 Å². The Labute approximate surface area is 156 Å². The van der Waals surface area contributed by atoms with Crippen LogP contribution in [0.5, 0.6) is 5.75 Å². The maximum atomic E-state index is 6.15. The van der Waals surface area contributed by atoms with Crippen molar-refractivity contribution in [2.45, 2.75) is 59.0 Å². The third-order valence-electron chi connectivity index (χ3n) is 4.82. The predicted octanol–water partition coefficient (Wildman–Crippen LogP) is 6.16. The van der Waals surface area contributed by atoms with Crippen LogP contribution in [0.25, 0.3) is 0 Å². The molecule has 2 aromatic rings. The van der Waals surface area contributed by atoms with Crippen LogP contribution in [0.2, 0.25) is 0 Å². The van der Waals surface area contributed by atoms with Gasteiger partial charge in [-0.2, -0.15) is 0 Å². The SMILES string of the molecule is CCC(=S)Nc1c(COc2ccc(CC)cc2C)cccc1C1CC1. The lowest BCUT2D eigenvalue weighted by Gasteiger charge is -2.18. The summed E-state index contributed by atoms with van der Waals surface area (Å²) in [6.07, 6.45) is 4.45. The maximum Gasteiger partial charge on any atom is 0.122 e. The molecule has 3 heteroatoms. The molecule has 0 saturated heterocycles. The molecule has 25 heavy (non-hydrogen) atoms. The second-order valence-corrected chi connectivity index (χ2v) is 7.29. The normalized spacial score (nSPS) is 13.6. The molecule has 0 aromatic heterocycles. The molecule has 132 valence electrons. The minimum Gasteiger partial charge on any atom is -0.489 e. The monoisotopic (exact) mass is 353 g/mol. The average molecular weight is 354 g/mol. The summed E-state index contributed by atoms with van der Waals surface area (Å²) >= 11 is 5.44. The van der Waals surface area contributed by atoms with Crippen molar-refractivity contribution in [1.82, 2.24) is 0 Å². The van der Waals surface area contributed by atoms with Crippen LogP contribution >= 0.6 is 12.2 Å². The van der Waals surface area contributed by atoms with Crippen molar-refractivity contribution in [3.8, 4) is 5.75 Å². The van der Waals surface area contributed by atoms with Crippen LogP contribution in [0.4, 0.5) is 5.69 Å². The minimum atomic E-state index is 0.557. The number of ether oxygens (including phenoxy) is 1. The largest absolute Gasteiger partial charge is 0.489 e. The van der Waals surface area contributed by atoms with E-state index in [1.807, 2.05) is 0 Å². The first kappa shape index (κ1) is 17.9. The zero-order valence-electron chi connectivity index (χ0n) is 15.4. The zero-order chi connectivity index (χ0) is 17.8. The molecule has 0 heterocycles. The van der Waals surface area contributed by atoms with Crippen LogP contribution < -0.4 is 10.1 Å². The predicted molar refractivity (Wildman–Crippen MR) is 110 cm³/mol. The van der Waals surface area contributed by atoms with E-state index in [4.69, 9.17) is 17.0 Å². The lowest BCUT2D eigenvalue weighted by atomic mass is 10.0. The summed E-state index contributed by atoms with van der Waals surface area (Å²) in [7, 11) is 0. The van der Waals surface area contributed by atoms with Gasteiger partial charge < -0.3 is 10.1 Å². The number of aryl methyl sites for hydroxylation is 2. The molecule has 0 aliphatic heterocycles. The Balaban J connectivity index is 1.81. The quantitative estimate of drug-likeness (QED) is 0.602. The standard InChI is InChI=1S/C22H27NOS/c1-4-16-9-12-20(15(3)13-16)24-14-18-7-6-8-19(17-10-11-17)22(18)23-21(25)5-2/h6-9,12-13,17H,4-5,10-11,14H2,1-3H3,(H,23,25). The molecule has 0 atom stereocenters. The van der Waals surface area contributed by atoms with Gasteiger partial charge in [0.05, 0.1) is 4.99 Å². The summed E-state index contributed by atoms with van der Waals surface area (Å²) in [6, 6.07) is 12.9. The molecule has 0 bridgehead atoms. The van der Waals surface area contributed by atoms with Crippen LogP contribution in [0.3, 0.4) is 0 Å². The molecule has 1 aliphatic rings. The van der Waals surface area contributed by atoms with Crippen LogP contribution in [0.15, 0.2) is 36.4 Å². The zero-order valence-corrected chi connectivity index (χ0v) is 16.2. The number of benzene rings is 2. The van der Waals surface area contributed by atoms with E-state index in [9.17, 15) is 0 Å². The molecule has 0 amide bonds. The smallest absolute Gasteiger partial charge is 0.122 e. The molecule has 1 aliphatic carbocycles. The second kappa shape index (κ2) is 8.01. The molecule has 3 rings (SSSR count). The molecule has 1 saturated carbocycles. The first-order valence-electron chi connectivity index (χ1n) is 9.26. The van der Waals surface area contributed by atoms with Crippen LogP contribution in [-0.4, -0.2) is 4.99 Å². The van der Waals surface area contributed by atoms with E-state index in [1.165, 1.54) is 40.8 Å². The topological polar surface area (TPSA) is 21.3 Å². The Morgan fingerprint density at radius 3 is 2.64 bits per heavy atom. The molecule has 2 nitrogen and oxygen atoms in total. The number of anilines is 1. The summed E-state index contributed by atoms with van der Waals surface area (Å²) in [6.45, 7) is 6.93. The summed E-state index contributed by atoms with van der Waals surface area (Å²) in [5.74, 6) is 1.63. The van der Waals surface area contributed by atoms with E-state index in [0.717, 1.165) is 23.6 Å². The molecule has 0 radical (unpaired) electrons. The van der Waals surface area contributed by atoms with Crippen LogP contribution in [-0.2, 0) is 13.0 Å². The van der Waals surface area contributed by atoms with E-state index in [0.29, 0.717) is 12.5 Å². The third-order valence-corrected chi connectivity index (χ3v) is 5.21. The summed E-state index contributed by atoms with van der Waals surface area (Å²) in [5.41, 5.74) is 6.27. The van der Waals surface area contributed by atoms with Gasteiger partial charge in [0.25, 0.3) is 0 Å². The van der Waals surface area contributed by atoms with Gasteiger partial charge >= 0.3 is 0 Å². The summed E-state index contributed by atoms with van der Waals surface area (Å²) in [4.78, 5) is 0.887. The molecule has 0 unspecified atom stereocenters. The van der Waals surface area contributed by atoms with Gasteiger partial charge in [0.15, 0.2) is 0 Å². The Morgan fingerprint density at radius 1 is 1.20 bits per heavy atom. The van der Waals surface area contributed by atoms with Gasteiger partial charge in [-0.25, -0.2) is 0 Å². The van der Waals surface area contributed by atoms with Gasteiger partial charge in [-0.1, -0.05) is 56.4 Å². The third kappa shape index (κ3) is 4.40. The number of hydrogen-bond acceptors (Lipinski definition) is 2. The van der Waals surface area contributed by atoms with E-state index in [1.54, 1.807) is 0 Å². The second-order valence-electron chi connectivity index (χ2n) is 6.80. The molecule has 2 aromatic carbocycles. The highest BCUT2D eigenvalue weighted by atomic mass is 32.1. The van der Waals surface area contributed by atoms with Crippen molar-refractivity contribution >= 4 is 22.9 Å². The average Bonchev–Trinajstić information content (AvgIpc) is 3.46. The number of nitrogens with one attached hydrogen (secondary N) is 1. The first-order chi connectivity index (χ1) is 12.1. The summed E-state index contributed by atoms with van der Waals surface area (Å²) in [5, 5.41) is 3.47. The van der Waals surface area contributed by atoms with Crippen molar-refractivity contribution in [2.24, 2.45) is 0 Å². The highest BCUT2D eigenvalue weighted by molar-refractivity contribution is 7.80. The van der Waals surface area contributed by atoms with Gasteiger partial charge in [-0.3, -0.25) is 0 Å². The number of thiocarbonyl (C=S) groups is 1. The summed E-state index contributed by atoms with van der Waals surface area (Å²) < 4.78 is 6.15. The fourth-order valence-electron chi connectivity index (χ4n) is 3.10. The highest BCUT2D eigenvalue weighted by Gasteiger charge is 2.27. The number of para-hydroxylation sites is 1. The maximum absolute atomic E-state index is 6.15. The van der Waals surface area contributed by atoms with Crippen LogP contribution in [0, 0.1) is 6.92 Å². The minimum absolute atomic E-state index is 0.557. The fourth-order valence-corrected chi connectivity index (χ4v) is 3.21. The van der Waals surface area contributed by atoms with E-state index in [2.05, 4.69) is 62.5 Å². The lowest BCUT2D eigenvalue weighted by Crippen LogP contribution is -2.12. The highest BCUT2D eigenvalue weighted by Crippen LogP contribution is 2.44. The lowest BCUT2D eigenvalue weighted by molar-refractivity contribution is 0.304. The van der Waals surface area contributed by atoms with Gasteiger partial charge in [0.1, 0.15) is 12.4 Å². The Kier molecular flexibility index (Phi) is 5.74. The van der Waals surface area contributed by atoms with Crippen molar-refractivity contribution < 1.29 is 4.74 Å². The molecular weight excluding hydrogens is 326 g/mol. The van der Waals surface area contributed by atoms with E-state index >= 15 is 0 Å². The van der Waals surface area contributed by atoms with Crippen molar-refractivity contribution in [3.63, 3.8) is 0 Å². The van der Waals surface area contributed by atoms with Gasteiger partial charge in [-0.05, 0) is 61.3 Å². The molecule has 1 fully saturated rings. The molecule has 1 N–H and O–H groups in total. The Morgan fingerprint density at radius 2 is 2.00 bits per heavy atom. The van der Waals surface area contributed by atoms with E-state index < -0.39 is 0 Å². The van der Waals surface area contributed by atoms with Gasteiger partial charge in [0, 0.05) is 11.3 Å². The Hall–Kier alpha value is -1.87. The van der Waals surface area contributed by atoms with Crippen molar-refractivity contribution in [1.29, 1.82) is 0 Å². The van der Waals surface area contributed by atoms with E-state index in [-0.39, 0.29) is 0 Å². The first-order valence-corrected chi connectivity index (χ1v) is 9.67. The molecule has 0 spiro atoms. The number of rotatable bonds is 7. The fraction of sp³-hybridized carbons (Fsp3) is 0.409. The van der Waals surface area contributed by atoms with Crippen molar-refractivity contribution in [2.75, 3.05) is 5.32 Å².